The molecule has 0 saturated heterocycles. The molecule has 1 rings (SSSR count). The normalized spacial score (nSPS) is 9.80. The maximum Gasteiger partial charge on any atom is 0.292 e. The molecule has 10 heavy (non-hydrogen) atoms. The van der Waals surface area contributed by atoms with Crippen LogP contribution in [-0.4, -0.2) is 9.67 Å². The molecule has 1 aromatic rings. The highest BCUT2D eigenvalue weighted by atomic mass is 16.3. The Bertz CT molecular complexity index is 301. The van der Waals surface area contributed by atoms with Crippen LogP contribution in [0.2, 0.25) is 0 Å². The number of hydrogen-bond acceptors (Lipinski definition) is 2. The summed E-state index contributed by atoms with van der Waals surface area (Å²) in [5, 5.41) is 9.05. The van der Waals surface area contributed by atoms with Gasteiger partial charge in [0.05, 0.1) is 0 Å². The van der Waals surface area contributed by atoms with Gasteiger partial charge in [-0.05, 0) is 18.6 Å². The van der Waals surface area contributed by atoms with E-state index in [1.807, 2.05) is 0 Å². The van der Waals surface area contributed by atoms with Gasteiger partial charge in [-0.25, -0.2) is 0 Å². The minimum absolute atomic E-state index is 0.162. The van der Waals surface area contributed by atoms with Crippen molar-refractivity contribution in [3.8, 4) is 5.75 Å². The third-order valence-corrected chi connectivity index (χ3v) is 1.44. The molecule has 0 fully saturated rings. The Balaban J connectivity index is 3.50. The highest BCUT2D eigenvalue weighted by Gasteiger charge is 2.00. The van der Waals surface area contributed by atoms with Gasteiger partial charge in [-0.3, -0.25) is 4.79 Å². The van der Waals surface area contributed by atoms with Crippen molar-refractivity contribution in [1.29, 1.82) is 0 Å². The highest BCUT2D eigenvalue weighted by Crippen LogP contribution is 2.06. The van der Waals surface area contributed by atoms with Crippen LogP contribution in [0.5, 0.6) is 5.75 Å². The molecule has 0 aromatic carbocycles. The fourth-order valence-electron chi connectivity index (χ4n) is 0.706. The first-order valence-electron chi connectivity index (χ1n) is 2.98. The summed E-state index contributed by atoms with van der Waals surface area (Å²) in [5.74, 6) is -0.162. The lowest BCUT2D eigenvalue weighted by atomic mass is 10.3. The fourth-order valence-corrected chi connectivity index (χ4v) is 0.706. The molecule has 0 radical (unpaired) electrons. The van der Waals surface area contributed by atoms with Crippen molar-refractivity contribution in [3.63, 3.8) is 0 Å². The van der Waals surface area contributed by atoms with E-state index < -0.39 is 0 Å². The van der Waals surface area contributed by atoms with Crippen molar-refractivity contribution in [1.82, 2.24) is 4.57 Å². The van der Waals surface area contributed by atoms with Gasteiger partial charge < -0.3 is 9.67 Å². The minimum atomic E-state index is -0.347. The molecule has 0 unspecified atom stereocenters. The molecule has 1 heterocycles. The molecule has 0 saturated carbocycles. The largest absolute Gasteiger partial charge is 0.503 e. The number of pyridine rings is 1. The van der Waals surface area contributed by atoms with E-state index >= 15 is 0 Å². The van der Waals surface area contributed by atoms with Gasteiger partial charge in [0.15, 0.2) is 5.75 Å². The molecule has 0 bridgehead atoms. The van der Waals surface area contributed by atoms with Crippen LogP contribution in [0.25, 0.3) is 0 Å². The SMILES string of the molecule is Cc1ccn(C)c(=O)c1O. The van der Waals surface area contributed by atoms with E-state index in [0.717, 1.165) is 0 Å². The summed E-state index contributed by atoms with van der Waals surface area (Å²) < 4.78 is 1.34. The van der Waals surface area contributed by atoms with Crippen molar-refractivity contribution in [2.45, 2.75) is 6.92 Å². The van der Waals surface area contributed by atoms with Gasteiger partial charge >= 0.3 is 0 Å². The zero-order chi connectivity index (χ0) is 7.72. The van der Waals surface area contributed by atoms with E-state index in [9.17, 15) is 4.79 Å². The van der Waals surface area contributed by atoms with Gasteiger partial charge in [-0.2, -0.15) is 0 Å². The summed E-state index contributed by atoms with van der Waals surface area (Å²) in [5.41, 5.74) is 0.267. The van der Waals surface area contributed by atoms with Crippen LogP contribution in [-0.2, 0) is 7.05 Å². The second kappa shape index (κ2) is 2.17. The molecule has 0 spiro atoms. The van der Waals surface area contributed by atoms with Crippen molar-refractivity contribution in [2.24, 2.45) is 7.05 Å². The topological polar surface area (TPSA) is 42.2 Å². The van der Waals surface area contributed by atoms with Crippen LogP contribution in [0.1, 0.15) is 5.56 Å². The van der Waals surface area contributed by atoms with Crippen LogP contribution in [0.3, 0.4) is 0 Å². The van der Waals surface area contributed by atoms with Gasteiger partial charge in [-0.15, -0.1) is 0 Å². The van der Waals surface area contributed by atoms with E-state index in [0.29, 0.717) is 5.56 Å². The van der Waals surface area contributed by atoms with Gasteiger partial charge in [0, 0.05) is 13.2 Å². The van der Waals surface area contributed by atoms with Gasteiger partial charge in [-0.1, -0.05) is 0 Å². The summed E-state index contributed by atoms with van der Waals surface area (Å²) in [4.78, 5) is 10.9. The summed E-state index contributed by atoms with van der Waals surface area (Å²) >= 11 is 0. The lowest BCUT2D eigenvalue weighted by Crippen LogP contribution is -2.15. The Hall–Kier alpha value is -1.25. The molecule has 0 aliphatic heterocycles. The smallest absolute Gasteiger partial charge is 0.292 e. The predicted molar refractivity (Wildman–Crippen MR) is 38.1 cm³/mol. The molecule has 0 aliphatic rings. The minimum Gasteiger partial charge on any atom is -0.503 e. The number of aromatic hydroxyl groups is 1. The molecule has 0 atom stereocenters. The molecule has 0 aliphatic carbocycles. The van der Waals surface area contributed by atoms with Crippen molar-refractivity contribution < 1.29 is 5.11 Å². The Labute approximate surface area is 58.5 Å². The molecule has 3 nitrogen and oxygen atoms in total. The number of nitrogens with zero attached hydrogens (tertiary/aromatic N) is 1. The van der Waals surface area contributed by atoms with Crippen LogP contribution in [0.4, 0.5) is 0 Å². The second-order valence-corrected chi connectivity index (χ2v) is 2.26. The fraction of sp³-hybridized carbons (Fsp3) is 0.286. The van der Waals surface area contributed by atoms with E-state index in [4.69, 9.17) is 5.11 Å². The van der Waals surface area contributed by atoms with Crippen LogP contribution < -0.4 is 5.56 Å². The number of rotatable bonds is 0. The van der Waals surface area contributed by atoms with Gasteiger partial charge in [0.2, 0.25) is 0 Å². The number of aromatic nitrogens is 1. The maximum atomic E-state index is 10.9. The van der Waals surface area contributed by atoms with Crippen molar-refractivity contribution in [3.05, 3.63) is 28.2 Å². The quantitative estimate of drug-likeness (QED) is 0.565. The summed E-state index contributed by atoms with van der Waals surface area (Å²) in [6.07, 6.45) is 1.62. The monoisotopic (exact) mass is 139 g/mol. The third kappa shape index (κ3) is 0.900. The highest BCUT2D eigenvalue weighted by molar-refractivity contribution is 5.26. The van der Waals surface area contributed by atoms with E-state index in [2.05, 4.69) is 0 Å². The van der Waals surface area contributed by atoms with Gasteiger partial charge in [0.25, 0.3) is 5.56 Å². The number of aryl methyl sites for hydroxylation is 2. The number of hydrogen-bond donors (Lipinski definition) is 1. The zero-order valence-corrected chi connectivity index (χ0v) is 5.96. The molecule has 3 heteroatoms. The summed E-state index contributed by atoms with van der Waals surface area (Å²) in [6.45, 7) is 1.69. The van der Waals surface area contributed by atoms with Crippen LogP contribution >= 0.6 is 0 Å². The first kappa shape index (κ1) is 6.86. The van der Waals surface area contributed by atoms with Gasteiger partial charge in [0.1, 0.15) is 0 Å². The van der Waals surface area contributed by atoms with E-state index in [1.165, 1.54) is 4.57 Å². The van der Waals surface area contributed by atoms with E-state index in [-0.39, 0.29) is 11.3 Å². The Kier molecular flexibility index (Phi) is 1.49. The second-order valence-electron chi connectivity index (χ2n) is 2.26. The summed E-state index contributed by atoms with van der Waals surface area (Å²) in [7, 11) is 1.60. The van der Waals surface area contributed by atoms with Crippen LogP contribution in [0, 0.1) is 6.92 Å². The molecule has 54 valence electrons. The average Bonchev–Trinajstić information content (AvgIpc) is 1.93. The van der Waals surface area contributed by atoms with Crippen molar-refractivity contribution >= 4 is 0 Å². The zero-order valence-electron chi connectivity index (χ0n) is 5.96. The maximum absolute atomic E-state index is 10.9. The molecule has 1 aromatic heterocycles. The first-order chi connectivity index (χ1) is 4.63. The predicted octanol–water partition coefficient (Wildman–Crippen LogP) is 0.399. The lowest BCUT2D eigenvalue weighted by Gasteiger charge is -1.99. The summed E-state index contributed by atoms with van der Waals surface area (Å²) in [6, 6.07) is 1.69. The Morgan fingerprint density at radius 1 is 1.60 bits per heavy atom. The van der Waals surface area contributed by atoms with Crippen LogP contribution in [0.15, 0.2) is 17.1 Å². The Morgan fingerprint density at radius 3 is 2.70 bits per heavy atom. The average molecular weight is 139 g/mol. The molecular weight excluding hydrogens is 130 g/mol. The first-order valence-corrected chi connectivity index (χ1v) is 2.98. The Morgan fingerprint density at radius 2 is 2.20 bits per heavy atom. The molecular formula is C7H9NO2. The molecule has 1 N–H and O–H groups in total. The van der Waals surface area contributed by atoms with Crippen molar-refractivity contribution in [2.75, 3.05) is 0 Å². The third-order valence-electron chi connectivity index (χ3n) is 1.44. The lowest BCUT2D eigenvalue weighted by molar-refractivity contribution is 0.457. The standard InChI is InChI=1S/C7H9NO2/c1-5-3-4-8(2)7(10)6(5)9/h3-4,9H,1-2H3. The van der Waals surface area contributed by atoms with E-state index in [1.54, 1.807) is 26.2 Å². The molecule has 0 amide bonds.